The van der Waals surface area contributed by atoms with E-state index in [0.717, 1.165) is 83.6 Å². The number of thioether (sulfide) groups is 11. The van der Waals surface area contributed by atoms with Gasteiger partial charge in [-0.05, 0) is 12.2 Å². The van der Waals surface area contributed by atoms with Gasteiger partial charge in [0.1, 0.15) is 11.9 Å². The molecule has 0 saturated carbocycles. The zero-order valence-electron chi connectivity index (χ0n) is 26.7. The van der Waals surface area contributed by atoms with Crippen LogP contribution in [0.2, 0.25) is 0 Å². The van der Waals surface area contributed by atoms with Crippen molar-refractivity contribution in [3.05, 3.63) is 0 Å². The summed E-state index contributed by atoms with van der Waals surface area (Å²) in [7, 11) is -0.776. The van der Waals surface area contributed by atoms with Crippen molar-refractivity contribution in [3.63, 3.8) is 0 Å². The Morgan fingerprint density at radius 2 is 0.936 bits per heavy atom. The fourth-order valence-electron chi connectivity index (χ4n) is 2.65. The molecule has 0 aromatic carbocycles. The number of aliphatic hydroxyl groups excluding tert-OH is 2. The summed E-state index contributed by atoms with van der Waals surface area (Å²) in [4.78, 5) is 35.4. The quantitative estimate of drug-likeness (QED) is 0.0392. The van der Waals surface area contributed by atoms with Gasteiger partial charge in [0.25, 0.3) is 0 Å². The molecule has 0 aromatic heterocycles. The lowest BCUT2D eigenvalue weighted by Crippen LogP contribution is -2.06. The standard InChI is InChI=1S/C27H50O8S12/c28-5-11-40-23-44-18-34-25(30)2-8-37-20-36-7-1-16-47(33)17-15-43-22-42-13-14-46-27(32)4-10-39-21-38-9-3-26(31)35-19-45-24-41-12-6-29/h28-29H,1-24H2. The van der Waals surface area contributed by atoms with Gasteiger partial charge in [0.15, 0.2) is 5.12 Å². The van der Waals surface area contributed by atoms with Crippen molar-refractivity contribution in [2.45, 2.75) is 25.7 Å². The largest absolute Gasteiger partial charge is 0.455 e. The van der Waals surface area contributed by atoms with Crippen LogP contribution in [0.15, 0.2) is 0 Å². The maximum absolute atomic E-state index is 12.2. The highest BCUT2D eigenvalue weighted by Gasteiger charge is 2.06. The van der Waals surface area contributed by atoms with Crippen LogP contribution >= 0.6 is 129 Å². The molecule has 47 heavy (non-hydrogen) atoms. The molecule has 1 unspecified atom stereocenters. The molecule has 278 valence electrons. The maximum Gasteiger partial charge on any atom is 0.307 e. The second-order valence-electron chi connectivity index (χ2n) is 8.65. The fourth-order valence-corrected chi connectivity index (χ4v) is 14.8. The second-order valence-corrected chi connectivity index (χ2v) is 24.0. The van der Waals surface area contributed by atoms with E-state index in [2.05, 4.69) is 0 Å². The third-order valence-electron chi connectivity index (χ3n) is 4.87. The molecule has 0 radical (unpaired) electrons. The van der Waals surface area contributed by atoms with Gasteiger partial charge in [-0.15, -0.1) is 47.0 Å². The van der Waals surface area contributed by atoms with Crippen LogP contribution in [0.25, 0.3) is 0 Å². The Labute approximate surface area is 331 Å². The minimum Gasteiger partial charge on any atom is -0.455 e. The molecule has 0 bridgehead atoms. The number of esters is 2. The predicted molar refractivity (Wildman–Crippen MR) is 229 cm³/mol. The fraction of sp³-hybridized carbons (Fsp3) is 0.889. The number of hydrogen-bond acceptors (Lipinski definition) is 19. The van der Waals surface area contributed by atoms with E-state index in [0.29, 0.717) is 42.6 Å². The van der Waals surface area contributed by atoms with Crippen LogP contribution in [-0.2, 0) is 34.7 Å². The van der Waals surface area contributed by atoms with E-state index in [1.165, 1.54) is 23.5 Å². The van der Waals surface area contributed by atoms with Crippen LogP contribution in [-0.4, -0.2) is 145 Å². The molecule has 8 nitrogen and oxygen atoms in total. The highest BCUT2D eigenvalue weighted by atomic mass is 32.2. The SMILES string of the molecule is O=C(CCSCSCCCS(=O)CCSCSCCSC(=O)CCSCSCCC(=O)OCSCSCCO)OCSCSCCO. The van der Waals surface area contributed by atoms with E-state index in [9.17, 15) is 18.6 Å². The lowest BCUT2D eigenvalue weighted by molar-refractivity contribution is -0.141. The second kappa shape index (κ2) is 41.3. The third-order valence-corrected chi connectivity index (χ3v) is 18.9. The summed E-state index contributed by atoms with van der Waals surface area (Å²) in [5.41, 5.74) is 0. The van der Waals surface area contributed by atoms with E-state index in [1.54, 1.807) is 70.6 Å². The molecule has 20 heteroatoms. The Balaban J connectivity index is 3.36. The highest BCUT2D eigenvalue weighted by molar-refractivity contribution is 8.18. The normalized spacial score (nSPS) is 11.9. The van der Waals surface area contributed by atoms with Gasteiger partial charge in [-0.25, -0.2) is 0 Å². The number of carbonyl (C=O) groups excluding carboxylic acids is 3. The van der Waals surface area contributed by atoms with E-state index >= 15 is 0 Å². The van der Waals surface area contributed by atoms with Crippen molar-refractivity contribution in [1.29, 1.82) is 0 Å². The topological polar surface area (TPSA) is 127 Å². The molecule has 0 aliphatic carbocycles. The Morgan fingerprint density at radius 1 is 0.489 bits per heavy atom. The Morgan fingerprint density at radius 3 is 1.49 bits per heavy atom. The lowest BCUT2D eigenvalue weighted by Gasteiger charge is -2.05. The number of rotatable bonds is 37. The van der Waals surface area contributed by atoms with Crippen molar-refractivity contribution in [2.24, 2.45) is 0 Å². The molecule has 0 aromatic rings. The van der Waals surface area contributed by atoms with Gasteiger partial charge >= 0.3 is 11.9 Å². The van der Waals surface area contributed by atoms with Gasteiger partial charge in [-0.2, -0.15) is 70.6 Å². The molecule has 0 saturated heterocycles. The molecular formula is C27H50O8S12. The molecule has 0 aliphatic heterocycles. The van der Waals surface area contributed by atoms with Gasteiger partial charge in [-0.3, -0.25) is 18.6 Å². The average molecular weight is 887 g/mol. The van der Waals surface area contributed by atoms with E-state index in [4.69, 9.17) is 19.7 Å². The van der Waals surface area contributed by atoms with Crippen LogP contribution in [0.1, 0.15) is 25.7 Å². The molecular weight excluding hydrogens is 837 g/mol. The molecule has 0 aliphatic rings. The zero-order valence-corrected chi connectivity index (χ0v) is 36.5. The average Bonchev–Trinajstić information content (AvgIpc) is 3.06. The van der Waals surface area contributed by atoms with Crippen LogP contribution in [0.5, 0.6) is 0 Å². The molecule has 0 rings (SSSR count). The van der Waals surface area contributed by atoms with Gasteiger partial charge in [0.05, 0.1) is 26.1 Å². The van der Waals surface area contributed by atoms with Crippen molar-refractivity contribution in [2.75, 3.05) is 114 Å². The first-order chi connectivity index (χ1) is 23.0. The highest BCUT2D eigenvalue weighted by Crippen LogP contribution is 2.19. The van der Waals surface area contributed by atoms with Crippen molar-refractivity contribution >= 4 is 157 Å². The van der Waals surface area contributed by atoms with Gasteiger partial charge in [0, 0.05) is 100 Å². The summed E-state index contributed by atoms with van der Waals surface area (Å²) in [6, 6.07) is 0. The summed E-state index contributed by atoms with van der Waals surface area (Å²) < 4.78 is 22.6. The van der Waals surface area contributed by atoms with Gasteiger partial charge in [0.2, 0.25) is 0 Å². The molecule has 0 spiro atoms. The predicted octanol–water partition coefficient (Wildman–Crippen LogP) is 6.66. The third kappa shape index (κ3) is 41.2. The van der Waals surface area contributed by atoms with Gasteiger partial charge < -0.3 is 19.7 Å². The maximum atomic E-state index is 12.2. The Kier molecular flexibility index (Phi) is 43.5. The first kappa shape index (κ1) is 49.5. The van der Waals surface area contributed by atoms with E-state index in [1.807, 2.05) is 35.3 Å². The van der Waals surface area contributed by atoms with E-state index in [-0.39, 0.29) is 30.3 Å². The number of carbonyl (C=O) groups is 3. The van der Waals surface area contributed by atoms with Crippen LogP contribution in [0.3, 0.4) is 0 Å². The molecule has 0 amide bonds. The minimum atomic E-state index is -0.776. The summed E-state index contributed by atoms with van der Waals surface area (Å²) in [5, 5.41) is 22.0. The van der Waals surface area contributed by atoms with Crippen LogP contribution in [0.4, 0.5) is 0 Å². The summed E-state index contributed by atoms with van der Waals surface area (Å²) in [6.45, 7) is 0.341. The molecule has 0 heterocycles. The number of hydrogen-bond donors (Lipinski definition) is 2. The minimum absolute atomic E-state index is 0.164. The van der Waals surface area contributed by atoms with Gasteiger partial charge in [-0.1, -0.05) is 11.8 Å². The lowest BCUT2D eigenvalue weighted by atomic mass is 10.5. The number of ether oxygens (including phenoxy) is 2. The smallest absolute Gasteiger partial charge is 0.307 e. The first-order valence-electron chi connectivity index (χ1n) is 14.8. The Hall–Kier alpha value is 2.53. The summed E-state index contributed by atoms with van der Waals surface area (Å²) in [6.07, 6.45) is 2.33. The van der Waals surface area contributed by atoms with Crippen LogP contribution < -0.4 is 0 Å². The molecule has 2 N–H and O–H groups in total. The summed E-state index contributed by atoms with van der Waals surface area (Å²) in [5.74, 6) is 9.16. The molecule has 1 atom stereocenters. The zero-order chi connectivity index (χ0) is 34.5. The van der Waals surface area contributed by atoms with Crippen molar-refractivity contribution < 1.29 is 38.3 Å². The molecule has 0 fully saturated rings. The van der Waals surface area contributed by atoms with Crippen molar-refractivity contribution in [3.8, 4) is 0 Å². The van der Waals surface area contributed by atoms with E-state index < -0.39 is 10.8 Å². The van der Waals surface area contributed by atoms with Crippen molar-refractivity contribution in [1.82, 2.24) is 0 Å². The van der Waals surface area contributed by atoms with Crippen LogP contribution in [0, 0.1) is 0 Å². The summed E-state index contributed by atoms with van der Waals surface area (Å²) >= 11 is 18.3. The number of aliphatic hydroxyl groups is 2. The monoisotopic (exact) mass is 886 g/mol. The Bertz CT molecular complexity index is 773. The first-order valence-corrected chi connectivity index (χ1v) is 28.8.